The van der Waals surface area contributed by atoms with Crippen LogP contribution >= 0.6 is 11.3 Å². The highest BCUT2D eigenvalue weighted by molar-refractivity contribution is 7.16. The second-order valence-electron chi connectivity index (χ2n) is 4.53. The standard InChI is InChI=1S/C16H13N3O3S/c1-3-9-19-12-6-5-11(21-4-2)10-14(12)23-16(19)18-15(20)13-7-8-17-22-13/h1,5-8,10H,4,9H2,2H3. The lowest BCUT2D eigenvalue weighted by Crippen LogP contribution is -2.16. The van der Waals surface area contributed by atoms with Gasteiger partial charge in [0.1, 0.15) is 5.75 Å². The summed E-state index contributed by atoms with van der Waals surface area (Å²) in [6, 6.07) is 7.16. The van der Waals surface area contributed by atoms with Crippen LogP contribution in [0.4, 0.5) is 0 Å². The lowest BCUT2D eigenvalue weighted by atomic mass is 10.3. The summed E-state index contributed by atoms with van der Waals surface area (Å²) in [5.41, 5.74) is 0.903. The fraction of sp³-hybridized carbons (Fsp3) is 0.188. The highest BCUT2D eigenvalue weighted by Crippen LogP contribution is 2.23. The Balaban J connectivity index is 2.13. The molecular formula is C16H13N3O3S. The van der Waals surface area contributed by atoms with Gasteiger partial charge in [-0.1, -0.05) is 22.4 Å². The Bertz CT molecular complexity index is 945. The lowest BCUT2D eigenvalue weighted by Gasteiger charge is -2.03. The molecule has 0 aliphatic rings. The van der Waals surface area contributed by atoms with E-state index in [2.05, 4.69) is 16.1 Å². The molecule has 0 saturated carbocycles. The van der Waals surface area contributed by atoms with Crippen molar-refractivity contribution in [1.29, 1.82) is 0 Å². The second kappa shape index (κ2) is 6.50. The summed E-state index contributed by atoms with van der Waals surface area (Å²) in [6.45, 7) is 2.83. The molecule has 7 heteroatoms. The van der Waals surface area contributed by atoms with E-state index in [0.29, 0.717) is 18.0 Å². The van der Waals surface area contributed by atoms with E-state index >= 15 is 0 Å². The minimum Gasteiger partial charge on any atom is -0.494 e. The maximum atomic E-state index is 12.1. The molecule has 0 unspecified atom stereocenters. The molecule has 0 N–H and O–H groups in total. The number of rotatable bonds is 4. The quantitative estimate of drug-likeness (QED) is 0.690. The molecule has 0 aliphatic heterocycles. The van der Waals surface area contributed by atoms with Crippen molar-refractivity contribution in [1.82, 2.24) is 9.72 Å². The molecule has 0 atom stereocenters. The van der Waals surface area contributed by atoms with Gasteiger partial charge in [-0.25, -0.2) is 0 Å². The normalized spacial score (nSPS) is 11.6. The Morgan fingerprint density at radius 3 is 3.09 bits per heavy atom. The van der Waals surface area contributed by atoms with E-state index in [4.69, 9.17) is 15.7 Å². The van der Waals surface area contributed by atoms with Crippen molar-refractivity contribution in [3.63, 3.8) is 0 Å². The van der Waals surface area contributed by atoms with E-state index in [9.17, 15) is 4.79 Å². The van der Waals surface area contributed by atoms with Crippen LogP contribution in [0.25, 0.3) is 10.2 Å². The number of hydrogen-bond donors (Lipinski definition) is 0. The highest BCUT2D eigenvalue weighted by Gasteiger charge is 2.11. The fourth-order valence-electron chi connectivity index (χ4n) is 2.11. The van der Waals surface area contributed by atoms with Crippen LogP contribution in [0.2, 0.25) is 0 Å². The van der Waals surface area contributed by atoms with E-state index in [1.165, 1.54) is 23.6 Å². The molecule has 0 aliphatic carbocycles. The molecule has 3 aromatic rings. The zero-order valence-corrected chi connectivity index (χ0v) is 13.2. The molecule has 3 rings (SSSR count). The molecule has 116 valence electrons. The van der Waals surface area contributed by atoms with E-state index in [1.807, 2.05) is 29.7 Å². The third-order valence-corrected chi connectivity index (χ3v) is 4.10. The molecule has 2 heterocycles. The Morgan fingerprint density at radius 1 is 1.52 bits per heavy atom. The SMILES string of the molecule is C#CCn1c(=NC(=O)c2ccno2)sc2cc(OCC)ccc21. The number of thiazole rings is 1. The van der Waals surface area contributed by atoms with Gasteiger partial charge in [0.2, 0.25) is 5.76 Å². The minimum absolute atomic E-state index is 0.0877. The van der Waals surface area contributed by atoms with Gasteiger partial charge in [0.15, 0.2) is 4.80 Å². The van der Waals surface area contributed by atoms with Crippen molar-refractivity contribution in [3.8, 4) is 18.1 Å². The minimum atomic E-state index is -0.496. The van der Waals surface area contributed by atoms with Gasteiger partial charge in [0, 0.05) is 6.07 Å². The van der Waals surface area contributed by atoms with Crippen LogP contribution < -0.4 is 9.54 Å². The van der Waals surface area contributed by atoms with Gasteiger partial charge in [-0.3, -0.25) is 4.79 Å². The van der Waals surface area contributed by atoms with Gasteiger partial charge in [-0.2, -0.15) is 4.99 Å². The largest absolute Gasteiger partial charge is 0.494 e. The van der Waals surface area contributed by atoms with Gasteiger partial charge in [-0.05, 0) is 25.1 Å². The molecule has 1 aromatic carbocycles. The Morgan fingerprint density at radius 2 is 2.39 bits per heavy atom. The van der Waals surface area contributed by atoms with Crippen LogP contribution in [0.15, 0.2) is 40.0 Å². The first kappa shape index (κ1) is 15.1. The van der Waals surface area contributed by atoms with Crippen molar-refractivity contribution in [3.05, 3.63) is 41.0 Å². The second-order valence-corrected chi connectivity index (χ2v) is 5.54. The lowest BCUT2D eigenvalue weighted by molar-refractivity contribution is 0.0962. The number of aromatic nitrogens is 2. The zero-order valence-electron chi connectivity index (χ0n) is 12.4. The van der Waals surface area contributed by atoms with Gasteiger partial charge in [0.25, 0.3) is 0 Å². The first-order valence-electron chi connectivity index (χ1n) is 6.92. The zero-order chi connectivity index (χ0) is 16.2. The number of hydrogen-bond acceptors (Lipinski definition) is 5. The number of ether oxygens (including phenoxy) is 1. The Labute approximate surface area is 136 Å². The van der Waals surface area contributed by atoms with Crippen molar-refractivity contribution < 1.29 is 14.1 Å². The molecule has 23 heavy (non-hydrogen) atoms. The van der Waals surface area contributed by atoms with Crippen LogP contribution in [0.5, 0.6) is 5.75 Å². The molecule has 6 nitrogen and oxygen atoms in total. The van der Waals surface area contributed by atoms with E-state index in [-0.39, 0.29) is 5.76 Å². The van der Waals surface area contributed by atoms with Crippen LogP contribution in [0, 0.1) is 12.3 Å². The number of fused-ring (bicyclic) bond motifs is 1. The third-order valence-electron chi connectivity index (χ3n) is 3.06. The average molecular weight is 327 g/mol. The molecule has 0 saturated heterocycles. The van der Waals surface area contributed by atoms with Crippen molar-refractivity contribution in [2.75, 3.05) is 6.61 Å². The summed E-state index contributed by atoms with van der Waals surface area (Å²) in [7, 11) is 0. The molecule has 0 radical (unpaired) electrons. The molecule has 2 aromatic heterocycles. The maximum Gasteiger partial charge on any atom is 0.318 e. The average Bonchev–Trinajstić information content (AvgIpc) is 3.17. The number of carbonyl (C=O) groups excluding carboxylic acids is 1. The third kappa shape index (κ3) is 3.03. The molecule has 0 spiro atoms. The summed E-state index contributed by atoms with van der Waals surface area (Å²) in [6.07, 6.45) is 6.84. The van der Waals surface area contributed by atoms with Crippen molar-refractivity contribution in [2.45, 2.75) is 13.5 Å². The number of amides is 1. The van der Waals surface area contributed by atoms with Crippen molar-refractivity contribution in [2.24, 2.45) is 4.99 Å². The molecule has 0 bridgehead atoms. The van der Waals surface area contributed by atoms with Crippen LogP contribution in [-0.2, 0) is 6.54 Å². The van der Waals surface area contributed by atoms with Gasteiger partial charge < -0.3 is 13.8 Å². The van der Waals surface area contributed by atoms with E-state index in [1.54, 1.807) is 0 Å². The smallest absolute Gasteiger partial charge is 0.318 e. The van der Waals surface area contributed by atoms with Crippen LogP contribution in [0.1, 0.15) is 17.5 Å². The van der Waals surface area contributed by atoms with Gasteiger partial charge in [-0.15, -0.1) is 6.42 Å². The summed E-state index contributed by atoms with van der Waals surface area (Å²) in [5, 5.41) is 3.51. The Kier molecular flexibility index (Phi) is 4.26. The Hall–Kier alpha value is -2.85. The molecule has 1 amide bonds. The highest BCUT2D eigenvalue weighted by atomic mass is 32.1. The predicted octanol–water partition coefficient (Wildman–Crippen LogP) is 2.46. The number of nitrogens with zero attached hydrogens (tertiary/aromatic N) is 3. The molecule has 0 fully saturated rings. The summed E-state index contributed by atoms with van der Waals surface area (Å²) < 4.78 is 13.1. The number of carbonyl (C=O) groups is 1. The van der Waals surface area contributed by atoms with Crippen LogP contribution in [0.3, 0.4) is 0 Å². The van der Waals surface area contributed by atoms with E-state index in [0.717, 1.165) is 16.0 Å². The van der Waals surface area contributed by atoms with Crippen LogP contribution in [-0.4, -0.2) is 22.2 Å². The topological polar surface area (TPSA) is 69.6 Å². The molecular weight excluding hydrogens is 314 g/mol. The summed E-state index contributed by atoms with van der Waals surface area (Å²) >= 11 is 1.37. The van der Waals surface area contributed by atoms with Gasteiger partial charge in [0.05, 0.1) is 29.6 Å². The summed E-state index contributed by atoms with van der Waals surface area (Å²) in [5.74, 6) is 2.94. The maximum absolute atomic E-state index is 12.1. The monoisotopic (exact) mass is 327 g/mol. The summed E-state index contributed by atoms with van der Waals surface area (Å²) in [4.78, 5) is 16.7. The number of benzene rings is 1. The van der Waals surface area contributed by atoms with E-state index < -0.39 is 5.91 Å². The number of terminal acetylenes is 1. The first-order chi connectivity index (χ1) is 11.2. The van der Waals surface area contributed by atoms with Gasteiger partial charge >= 0.3 is 5.91 Å². The van der Waals surface area contributed by atoms with Crippen molar-refractivity contribution >= 4 is 27.5 Å². The first-order valence-corrected chi connectivity index (χ1v) is 7.74. The fourth-order valence-corrected chi connectivity index (χ4v) is 3.16. The predicted molar refractivity (Wildman–Crippen MR) is 86.2 cm³/mol.